The molecule has 0 radical (unpaired) electrons. The highest BCUT2D eigenvalue weighted by atomic mass is 32.1. The lowest BCUT2D eigenvalue weighted by molar-refractivity contribution is -0.143. The van der Waals surface area contributed by atoms with E-state index in [9.17, 15) is 14.7 Å². The van der Waals surface area contributed by atoms with Crippen LogP contribution in [0.25, 0.3) is 0 Å². The van der Waals surface area contributed by atoms with Crippen LogP contribution < -0.4 is 5.32 Å². The summed E-state index contributed by atoms with van der Waals surface area (Å²) in [6.07, 6.45) is 5.81. The summed E-state index contributed by atoms with van der Waals surface area (Å²) in [5.41, 5.74) is 0.989. The highest BCUT2D eigenvalue weighted by molar-refractivity contribution is 7.15. The molecule has 3 aliphatic carbocycles. The van der Waals surface area contributed by atoms with Crippen LogP contribution >= 0.6 is 11.3 Å². The molecule has 0 unspecified atom stereocenters. The van der Waals surface area contributed by atoms with E-state index in [2.05, 4.69) is 25.7 Å². The van der Waals surface area contributed by atoms with Crippen LogP contribution in [-0.2, 0) is 16.0 Å². The Hall–Kier alpha value is -1.73. The monoisotopic (exact) mass is 445 g/mol. The Kier molecular flexibility index (Phi) is 6.03. The first-order valence-corrected chi connectivity index (χ1v) is 12.3. The van der Waals surface area contributed by atoms with E-state index in [1.165, 1.54) is 4.88 Å². The van der Waals surface area contributed by atoms with E-state index in [-0.39, 0.29) is 46.8 Å². The van der Waals surface area contributed by atoms with Gasteiger partial charge >= 0.3 is 0 Å². The first-order chi connectivity index (χ1) is 14.7. The maximum atomic E-state index is 12.9. The summed E-state index contributed by atoms with van der Waals surface area (Å²) in [5.74, 6) is 0.139. The van der Waals surface area contributed by atoms with Crippen LogP contribution in [0, 0.1) is 29.1 Å². The third-order valence-corrected chi connectivity index (χ3v) is 8.90. The van der Waals surface area contributed by atoms with Gasteiger partial charge in [0.05, 0.1) is 11.8 Å². The summed E-state index contributed by atoms with van der Waals surface area (Å²) in [4.78, 5) is 32.8. The number of anilines is 1. The molecular weight excluding hydrogens is 410 g/mol. The number of carbonyl (C=O) groups is 2. The molecule has 4 rings (SSSR count). The summed E-state index contributed by atoms with van der Waals surface area (Å²) in [6.45, 7) is 10.6. The molecule has 0 aromatic carbocycles. The van der Waals surface area contributed by atoms with Gasteiger partial charge in [-0.1, -0.05) is 26.8 Å². The summed E-state index contributed by atoms with van der Waals surface area (Å²) < 4.78 is 0. The lowest BCUT2D eigenvalue weighted by Crippen LogP contribution is -2.53. The largest absolute Gasteiger partial charge is 0.392 e. The molecule has 2 saturated carbocycles. The molecule has 3 aliphatic rings. The fourth-order valence-electron chi connectivity index (χ4n) is 5.97. The SMILES string of the molecule is C=CCN(C)C(=O)[C@@H](C)[C@@H]1CC[C@@]2(C)Cc3sc(NC(=O)C4CC4)nc3[C@@H](C)[C@@H]2[C@H]1O. The zero-order valence-corrected chi connectivity index (χ0v) is 19.9. The topological polar surface area (TPSA) is 82.5 Å². The van der Waals surface area contributed by atoms with E-state index in [1.54, 1.807) is 29.4 Å². The predicted molar refractivity (Wildman–Crippen MR) is 123 cm³/mol. The molecular formula is C24H35N3O3S. The summed E-state index contributed by atoms with van der Waals surface area (Å²) in [5, 5.41) is 15.2. The average Bonchev–Trinajstić information content (AvgIpc) is 3.49. The highest BCUT2D eigenvalue weighted by Gasteiger charge is 2.54. The molecule has 6 atom stereocenters. The second kappa shape index (κ2) is 8.32. The van der Waals surface area contributed by atoms with E-state index in [4.69, 9.17) is 4.98 Å². The standard InChI is InChI=1S/C24H35N3O3S/c1-6-11-27(5)22(30)13(2)16-9-10-24(4)12-17-19(14(3)18(24)20(16)28)25-23(31-17)26-21(29)15-7-8-15/h6,13-16,18,20,28H,1,7-12H2,2-5H3,(H,25,26,29)/t13-,14-,16-,18+,20-,24-/m0/s1. The number of carbonyl (C=O) groups excluding carboxylic acids is 2. The van der Waals surface area contributed by atoms with Crippen molar-refractivity contribution in [1.82, 2.24) is 9.88 Å². The van der Waals surface area contributed by atoms with Crippen molar-refractivity contribution in [3.8, 4) is 0 Å². The number of aliphatic hydroxyl groups excluding tert-OH is 1. The van der Waals surface area contributed by atoms with Crippen molar-refractivity contribution in [2.45, 2.75) is 64.9 Å². The number of hydrogen-bond donors (Lipinski definition) is 2. The third-order valence-electron chi connectivity index (χ3n) is 7.91. The lowest BCUT2D eigenvalue weighted by atomic mass is 9.53. The van der Waals surface area contributed by atoms with Gasteiger partial charge in [-0.05, 0) is 49.4 Å². The second-order valence-corrected chi connectivity index (χ2v) is 11.3. The van der Waals surface area contributed by atoms with Gasteiger partial charge in [-0.15, -0.1) is 17.9 Å². The Morgan fingerprint density at radius 1 is 1.42 bits per heavy atom. The van der Waals surface area contributed by atoms with Crippen molar-refractivity contribution < 1.29 is 14.7 Å². The van der Waals surface area contributed by atoms with E-state index < -0.39 is 6.10 Å². The van der Waals surface area contributed by atoms with E-state index >= 15 is 0 Å². The highest BCUT2D eigenvalue weighted by Crippen LogP contribution is 2.57. The van der Waals surface area contributed by atoms with Gasteiger partial charge in [0.2, 0.25) is 11.8 Å². The van der Waals surface area contributed by atoms with E-state index in [0.29, 0.717) is 11.7 Å². The maximum absolute atomic E-state index is 12.9. The Bertz CT molecular complexity index is 879. The normalized spacial score (nSPS) is 33.1. The number of fused-ring (bicyclic) bond motifs is 2. The van der Waals surface area contributed by atoms with Crippen LogP contribution in [0.3, 0.4) is 0 Å². The van der Waals surface area contributed by atoms with Crippen LogP contribution in [-0.4, -0.2) is 46.5 Å². The minimum absolute atomic E-state index is 0.0254. The minimum atomic E-state index is -0.552. The molecule has 170 valence electrons. The molecule has 2 fully saturated rings. The zero-order chi connectivity index (χ0) is 22.5. The van der Waals surface area contributed by atoms with Crippen LogP contribution in [0.1, 0.15) is 62.9 Å². The molecule has 0 bridgehead atoms. The number of likely N-dealkylation sites (N-methyl/N-ethyl adjacent to an activating group) is 1. The fourth-order valence-corrected chi connectivity index (χ4v) is 7.23. The van der Waals surface area contributed by atoms with Gasteiger partial charge in [0, 0.05) is 36.2 Å². The summed E-state index contributed by atoms with van der Waals surface area (Å²) >= 11 is 1.59. The first kappa shape index (κ1) is 22.5. The number of rotatable bonds is 6. The van der Waals surface area contributed by atoms with Crippen molar-refractivity contribution in [1.29, 1.82) is 0 Å². The number of nitrogens with zero attached hydrogens (tertiary/aromatic N) is 2. The molecule has 0 spiro atoms. The van der Waals surface area contributed by atoms with Crippen molar-refractivity contribution in [2.75, 3.05) is 18.9 Å². The van der Waals surface area contributed by atoms with Gasteiger partial charge in [0.1, 0.15) is 0 Å². The van der Waals surface area contributed by atoms with Crippen molar-refractivity contribution in [2.24, 2.45) is 29.1 Å². The smallest absolute Gasteiger partial charge is 0.229 e. The molecule has 0 saturated heterocycles. The van der Waals surface area contributed by atoms with Crippen molar-refractivity contribution >= 4 is 28.3 Å². The number of nitrogens with one attached hydrogen (secondary N) is 1. The maximum Gasteiger partial charge on any atom is 0.229 e. The number of thiazole rings is 1. The van der Waals surface area contributed by atoms with Crippen molar-refractivity contribution in [3.05, 3.63) is 23.2 Å². The molecule has 1 aromatic rings. The zero-order valence-electron chi connectivity index (χ0n) is 19.1. The summed E-state index contributed by atoms with van der Waals surface area (Å²) in [7, 11) is 1.79. The molecule has 2 amide bonds. The van der Waals surface area contributed by atoms with Gasteiger partial charge in [-0.25, -0.2) is 4.98 Å². The van der Waals surface area contributed by atoms with E-state index in [1.807, 2.05) is 6.92 Å². The molecule has 6 nitrogen and oxygen atoms in total. The molecule has 1 aromatic heterocycles. The Balaban J connectivity index is 1.54. The third kappa shape index (κ3) is 4.07. The Morgan fingerprint density at radius 2 is 2.13 bits per heavy atom. The van der Waals surface area contributed by atoms with Gasteiger partial charge in [0.25, 0.3) is 0 Å². The minimum Gasteiger partial charge on any atom is -0.392 e. The Morgan fingerprint density at radius 3 is 2.77 bits per heavy atom. The van der Waals surface area contributed by atoms with Crippen LogP contribution in [0.5, 0.6) is 0 Å². The van der Waals surface area contributed by atoms with Crippen LogP contribution in [0.2, 0.25) is 0 Å². The average molecular weight is 446 g/mol. The second-order valence-electron chi connectivity index (χ2n) is 10.2. The lowest BCUT2D eigenvalue weighted by Gasteiger charge is -2.53. The van der Waals surface area contributed by atoms with Crippen LogP contribution in [0.15, 0.2) is 12.7 Å². The molecule has 7 heteroatoms. The number of aliphatic hydroxyl groups is 1. The Labute approximate surface area is 189 Å². The number of aromatic nitrogens is 1. The van der Waals surface area contributed by atoms with E-state index in [0.717, 1.165) is 37.8 Å². The molecule has 1 heterocycles. The number of amides is 2. The van der Waals surface area contributed by atoms with Gasteiger partial charge < -0.3 is 15.3 Å². The predicted octanol–water partition coefficient (Wildman–Crippen LogP) is 3.83. The molecule has 31 heavy (non-hydrogen) atoms. The fraction of sp³-hybridized carbons (Fsp3) is 0.708. The van der Waals surface area contributed by atoms with Gasteiger partial charge in [-0.2, -0.15) is 0 Å². The number of hydrogen-bond acceptors (Lipinski definition) is 5. The van der Waals surface area contributed by atoms with Gasteiger partial charge in [0.15, 0.2) is 5.13 Å². The quantitative estimate of drug-likeness (QED) is 0.652. The first-order valence-electron chi connectivity index (χ1n) is 11.5. The molecule has 0 aliphatic heterocycles. The summed E-state index contributed by atoms with van der Waals surface area (Å²) in [6, 6.07) is 0. The van der Waals surface area contributed by atoms with Crippen molar-refractivity contribution in [3.63, 3.8) is 0 Å². The molecule has 2 N–H and O–H groups in total. The van der Waals surface area contributed by atoms with Gasteiger partial charge in [-0.3, -0.25) is 9.59 Å². The van der Waals surface area contributed by atoms with Crippen LogP contribution in [0.4, 0.5) is 5.13 Å².